The maximum Gasteiger partial charge on any atom is 0.224 e. The summed E-state index contributed by atoms with van der Waals surface area (Å²) < 4.78 is 0. The van der Waals surface area contributed by atoms with Crippen LogP contribution in [0.1, 0.15) is 26.7 Å². The Hall–Kier alpha value is -1.68. The summed E-state index contributed by atoms with van der Waals surface area (Å²) >= 11 is 1.71. The number of rotatable bonds is 5. The van der Waals surface area contributed by atoms with Crippen LogP contribution in [0, 0.1) is 20.8 Å². The van der Waals surface area contributed by atoms with E-state index in [-0.39, 0.29) is 5.91 Å². The fourth-order valence-electron chi connectivity index (χ4n) is 2.00. The van der Waals surface area contributed by atoms with Gasteiger partial charge in [0, 0.05) is 17.8 Å². The zero-order valence-corrected chi connectivity index (χ0v) is 13.0. The lowest BCUT2D eigenvalue weighted by Gasteiger charge is -2.06. The van der Waals surface area contributed by atoms with Crippen molar-refractivity contribution in [1.29, 1.82) is 0 Å². The molecule has 4 heteroatoms. The largest absolute Gasteiger partial charge is 0.355 e. The van der Waals surface area contributed by atoms with Gasteiger partial charge in [0.2, 0.25) is 5.91 Å². The van der Waals surface area contributed by atoms with E-state index in [1.165, 1.54) is 4.88 Å². The maximum atomic E-state index is 11.9. The normalized spacial score (nSPS) is 10.6. The molecule has 106 valence electrons. The second kappa shape index (κ2) is 6.66. The van der Waals surface area contributed by atoms with Crippen molar-refractivity contribution in [3.63, 3.8) is 0 Å². The number of amides is 1. The van der Waals surface area contributed by atoms with Gasteiger partial charge in [-0.25, -0.2) is 4.98 Å². The average Bonchev–Trinajstić information content (AvgIpc) is 2.71. The van der Waals surface area contributed by atoms with Crippen molar-refractivity contribution in [2.45, 2.75) is 33.6 Å². The third-order valence-electron chi connectivity index (χ3n) is 3.35. The second-order valence-electron chi connectivity index (χ2n) is 4.95. The summed E-state index contributed by atoms with van der Waals surface area (Å²) in [6.07, 6.45) is 1.25. The molecule has 0 fully saturated rings. The molecule has 20 heavy (non-hydrogen) atoms. The second-order valence-corrected chi connectivity index (χ2v) is 6.24. The number of thiazole rings is 1. The van der Waals surface area contributed by atoms with Gasteiger partial charge in [-0.3, -0.25) is 4.79 Å². The van der Waals surface area contributed by atoms with Crippen LogP contribution in [-0.2, 0) is 17.6 Å². The van der Waals surface area contributed by atoms with Crippen molar-refractivity contribution < 1.29 is 4.79 Å². The third kappa shape index (κ3) is 3.90. The molecule has 0 aliphatic heterocycles. The Kier molecular flexibility index (Phi) is 4.90. The van der Waals surface area contributed by atoms with E-state index in [9.17, 15) is 4.79 Å². The molecule has 0 atom stereocenters. The van der Waals surface area contributed by atoms with Gasteiger partial charge in [0.05, 0.1) is 17.1 Å². The molecule has 1 heterocycles. The Balaban J connectivity index is 1.80. The molecular weight excluding hydrogens is 268 g/mol. The van der Waals surface area contributed by atoms with Crippen LogP contribution >= 0.6 is 11.3 Å². The first-order valence-corrected chi connectivity index (χ1v) is 7.62. The van der Waals surface area contributed by atoms with Crippen LogP contribution in [0.2, 0.25) is 0 Å². The lowest BCUT2D eigenvalue weighted by atomic mass is 10.1. The van der Waals surface area contributed by atoms with Crippen molar-refractivity contribution in [3.8, 4) is 0 Å². The molecular formula is C16H20N2OS. The highest BCUT2D eigenvalue weighted by Crippen LogP contribution is 2.16. The number of aromatic nitrogens is 1. The van der Waals surface area contributed by atoms with Gasteiger partial charge in [-0.05, 0) is 31.9 Å². The van der Waals surface area contributed by atoms with E-state index in [0.717, 1.165) is 28.2 Å². The lowest BCUT2D eigenvalue weighted by Crippen LogP contribution is -2.27. The minimum atomic E-state index is 0.0734. The summed E-state index contributed by atoms with van der Waals surface area (Å²) in [5.41, 5.74) is 3.34. The van der Waals surface area contributed by atoms with E-state index in [1.54, 1.807) is 11.3 Å². The monoisotopic (exact) mass is 288 g/mol. The van der Waals surface area contributed by atoms with E-state index in [1.807, 2.05) is 38.1 Å². The highest BCUT2D eigenvalue weighted by atomic mass is 32.1. The summed E-state index contributed by atoms with van der Waals surface area (Å²) in [5.74, 6) is 0.0734. The van der Waals surface area contributed by atoms with Gasteiger partial charge in [0.25, 0.3) is 0 Å². The minimum Gasteiger partial charge on any atom is -0.355 e. The van der Waals surface area contributed by atoms with Crippen LogP contribution in [0.15, 0.2) is 24.3 Å². The van der Waals surface area contributed by atoms with E-state index in [0.29, 0.717) is 13.0 Å². The van der Waals surface area contributed by atoms with Gasteiger partial charge >= 0.3 is 0 Å². The SMILES string of the molecule is Cc1ccccc1CC(=O)NCCc1nc(C)c(C)s1. The standard InChI is InChI=1S/C16H20N2OS/c1-11-6-4-5-7-14(11)10-15(19)17-9-8-16-18-12(2)13(3)20-16/h4-7H,8-10H2,1-3H3,(H,17,19). The summed E-state index contributed by atoms with van der Waals surface area (Å²) in [4.78, 5) is 17.6. The first-order chi connectivity index (χ1) is 9.56. The highest BCUT2D eigenvalue weighted by Gasteiger charge is 2.07. The number of benzene rings is 1. The molecule has 0 radical (unpaired) electrons. The number of hydrogen-bond acceptors (Lipinski definition) is 3. The van der Waals surface area contributed by atoms with Crippen molar-refractivity contribution in [2.24, 2.45) is 0 Å². The molecule has 0 aliphatic rings. The van der Waals surface area contributed by atoms with E-state index in [4.69, 9.17) is 0 Å². The van der Waals surface area contributed by atoms with Crippen LogP contribution in [0.4, 0.5) is 0 Å². The van der Waals surface area contributed by atoms with Crippen LogP contribution < -0.4 is 5.32 Å². The van der Waals surface area contributed by atoms with Crippen LogP contribution in [-0.4, -0.2) is 17.4 Å². The topological polar surface area (TPSA) is 42.0 Å². The van der Waals surface area contributed by atoms with Crippen molar-refractivity contribution in [1.82, 2.24) is 10.3 Å². The fraction of sp³-hybridized carbons (Fsp3) is 0.375. The predicted octanol–water partition coefficient (Wildman–Crippen LogP) is 2.97. The highest BCUT2D eigenvalue weighted by molar-refractivity contribution is 7.11. The Labute approximate surface area is 124 Å². The lowest BCUT2D eigenvalue weighted by molar-refractivity contribution is -0.120. The molecule has 1 amide bonds. The van der Waals surface area contributed by atoms with Crippen molar-refractivity contribution >= 4 is 17.2 Å². The Bertz CT molecular complexity index is 585. The van der Waals surface area contributed by atoms with Gasteiger partial charge in [-0.15, -0.1) is 11.3 Å². The average molecular weight is 288 g/mol. The first-order valence-electron chi connectivity index (χ1n) is 6.80. The molecule has 0 bridgehead atoms. The number of nitrogens with zero attached hydrogens (tertiary/aromatic N) is 1. The summed E-state index contributed by atoms with van der Waals surface area (Å²) in [7, 11) is 0. The number of hydrogen-bond donors (Lipinski definition) is 1. The first kappa shape index (κ1) is 14.7. The van der Waals surface area contributed by atoms with Gasteiger partial charge in [-0.2, -0.15) is 0 Å². The van der Waals surface area contributed by atoms with Crippen LogP contribution in [0.25, 0.3) is 0 Å². The number of aryl methyl sites for hydroxylation is 3. The molecule has 2 rings (SSSR count). The number of nitrogens with one attached hydrogen (secondary N) is 1. The van der Waals surface area contributed by atoms with Gasteiger partial charge < -0.3 is 5.32 Å². The maximum absolute atomic E-state index is 11.9. The van der Waals surface area contributed by atoms with Crippen molar-refractivity contribution in [2.75, 3.05) is 6.54 Å². The fourth-order valence-corrected chi connectivity index (χ4v) is 2.93. The van der Waals surface area contributed by atoms with Crippen LogP contribution in [0.5, 0.6) is 0 Å². The molecule has 0 spiro atoms. The molecule has 0 saturated heterocycles. The summed E-state index contributed by atoms with van der Waals surface area (Å²) in [6.45, 7) is 6.78. The van der Waals surface area contributed by atoms with Gasteiger partial charge in [0.1, 0.15) is 0 Å². The van der Waals surface area contributed by atoms with Crippen molar-refractivity contribution in [3.05, 3.63) is 51.0 Å². The quantitative estimate of drug-likeness (QED) is 0.919. The summed E-state index contributed by atoms with van der Waals surface area (Å²) in [5, 5.41) is 4.06. The Morgan fingerprint density at radius 1 is 1.25 bits per heavy atom. The Morgan fingerprint density at radius 3 is 2.65 bits per heavy atom. The molecule has 1 aromatic heterocycles. The Morgan fingerprint density at radius 2 is 2.00 bits per heavy atom. The summed E-state index contributed by atoms with van der Waals surface area (Å²) in [6, 6.07) is 7.99. The predicted molar refractivity (Wildman–Crippen MR) is 83.2 cm³/mol. The number of carbonyl (C=O) groups is 1. The van der Waals surface area contributed by atoms with E-state index < -0.39 is 0 Å². The van der Waals surface area contributed by atoms with E-state index in [2.05, 4.69) is 17.2 Å². The molecule has 3 nitrogen and oxygen atoms in total. The zero-order valence-electron chi connectivity index (χ0n) is 12.2. The third-order valence-corrected chi connectivity index (χ3v) is 4.48. The number of carbonyl (C=O) groups excluding carboxylic acids is 1. The molecule has 0 unspecified atom stereocenters. The minimum absolute atomic E-state index is 0.0734. The molecule has 1 N–H and O–H groups in total. The molecule has 2 aromatic rings. The van der Waals surface area contributed by atoms with Crippen LogP contribution in [0.3, 0.4) is 0 Å². The zero-order chi connectivity index (χ0) is 14.5. The molecule has 0 saturated carbocycles. The van der Waals surface area contributed by atoms with Gasteiger partial charge in [0.15, 0.2) is 0 Å². The molecule has 1 aromatic carbocycles. The molecule has 0 aliphatic carbocycles. The smallest absolute Gasteiger partial charge is 0.224 e. The van der Waals surface area contributed by atoms with E-state index >= 15 is 0 Å². The van der Waals surface area contributed by atoms with Gasteiger partial charge in [-0.1, -0.05) is 24.3 Å².